The summed E-state index contributed by atoms with van der Waals surface area (Å²) in [4.78, 5) is 1.07. The lowest BCUT2D eigenvalue weighted by molar-refractivity contribution is -0.323. The predicted octanol–water partition coefficient (Wildman–Crippen LogP) is 1.78. The van der Waals surface area contributed by atoms with E-state index < -0.39 is 0 Å². The van der Waals surface area contributed by atoms with Gasteiger partial charge in [0.1, 0.15) is 5.75 Å². The van der Waals surface area contributed by atoms with Gasteiger partial charge in [-0.25, -0.2) is 11.3 Å². The van der Waals surface area contributed by atoms with E-state index in [-0.39, 0.29) is 0 Å². The van der Waals surface area contributed by atoms with Crippen LogP contribution in [0.2, 0.25) is 0 Å². The number of hydroxylamine groups is 1. The summed E-state index contributed by atoms with van der Waals surface area (Å²) in [6, 6.07) is 2.01. The SMILES string of the molecule is CCCN(N)/C=C(\[NH3+])NOSc1c(C)cc(OC)c(C)c1C. The van der Waals surface area contributed by atoms with E-state index in [9.17, 15) is 0 Å². The van der Waals surface area contributed by atoms with E-state index in [4.69, 9.17) is 14.9 Å². The zero-order valence-electron chi connectivity index (χ0n) is 14.0. The Balaban J connectivity index is 2.68. The smallest absolute Gasteiger partial charge is 0.239 e. The molecular formula is C15H27N4O2S+. The molecule has 0 aromatic heterocycles. The molecule has 0 aliphatic carbocycles. The number of aryl methyl sites for hydroxylation is 1. The molecular weight excluding hydrogens is 300 g/mol. The Morgan fingerprint density at radius 1 is 1.41 bits per heavy atom. The molecule has 0 radical (unpaired) electrons. The molecule has 0 atom stereocenters. The third-order valence-electron chi connectivity index (χ3n) is 3.30. The van der Waals surface area contributed by atoms with Gasteiger partial charge in [0.05, 0.1) is 25.4 Å². The molecule has 0 bridgehead atoms. The van der Waals surface area contributed by atoms with E-state index in [1.807, 2.05) is 19.9 Å². The highest BCUT2D eigenvalue weighted by molar-refractivity contribution is 7.94. The first-order valence-electron chi connectivity index (χ1n) is 7.20. The third kappa shape index (κ3) is 5.10. The molecule has 0 amide bonds. The van der Waals surface area contributed by atoms with Crippen molar-refractivity contribution in [2.24, 2.45) is 5.84 Å². The van der Waals surface area contributed by atoms with Crippen molar-refractivity contribution in [3.8, 4) is 5.75 Å². The van der Waals surface area contributed by atoms with Crippen LogP contribution in [0, 0.1) is 20.8 Å². The molecule has 0 fully saturated rings. The van der Waals surface area contributed by atoms with Gasteiger partial charge in [-0.15, -0.1) is 0 Å². The van der Waals surface area contributed by atoms with Crippen molar-refractivity contribution in [2.45, 2.75) is 39.0 Å². The fourth-order valence-corrected chi connectivity index (χ4v) is 2.73. The van der Waals surface area contributed by atoms with Gasteiger partial charge in [-0.05, 0) is 49.9 Å². The molecule has 6 nitrogen and oxygen atoms in total. The van der Waals surface area contributed by atoms with Crippen molar-refractivity contribution in [1.82, 2.24) is 10.5 Å². The second-order valence-electron chi connectivity index (χ2n) is 5.14. The Morgan fingerprint density at radius 3 is 2.68 bits per heavy atom. The highest BCUT2D eigenvalue weighted by Gasteiger charge is 2.12. The van der Waals surface area contributed by atoms with Crippen LogP contribution in [0.3, 0.4) is 0 Å². The van der Waals surface area contributed by atoms with Gasteiger partial charge in [0.25, 0.3) is 0 Å². The van der Waals surface area contributed by atoms with Crippen LogP contribution in [0.5, 0.6) is 5.75 Å². The summed E-state index contributed by atoms with van der Waals surface area (Å²) in [5, 5.41) is 1.58. The van der Waals surface area contributed by atoms with E-state index in [2.05, 4.69) is 25.1 Å². The highest BCUT2D eigenvalue weighted by Crippen LogP contribution is 2.33. The summed E-state index contributed by atoms with van der Waals surface area (Å²) in [5.74, 6) is 7.26. The molecule has 0 saturated carbocycles. The van der Waals surface area contributed by atoms with Crippen molar-refractivity contribution in [3.63, 3.8) is 0 Å². The number of hydrogen-bond donors (Lipinski definition) is 3. The number of rotatable bonds is 8. The average molecular weight is 327 g/mol. The Hall–Kier alpha value is -1.41. The maximum absolute atomic E-state index is 5.77. The molecule has 22 heavy (non-hydrogen) atoms. The van der Waals surface area contributed by atoms with Gasteiger partial charge in [-0.1, -0.05) is 6.92 Å². The van der Waals surface area contributed by atoms with Crippen LogP contribution in [-0.2, 0) is 4.28 Å². The molecule has 0 saturated heterocycles. The number of nitrogens with zero attached hydrogens (tertiary/aromatic N) is 1. The van der Waals surface area contributed by atoms with Crippen molar-refractivity contribution in [3.05, 3.63) is 34.8 Å². The van der Waals surface area contributed by atoms with Gasteiger partial charge in [0.2, 0.25) is 5.82 Å². The zero-order chi connectivity index (χ0) is 16.7. The van der Waals surface area contributed by atoms with Crippen LogP contribution < -0.4 is 21.8 Å². The van der Waals surface area contributed by atoms with Crippen LogP contribution in [0.25, 0.3) is 0 Å². The van der Waals surface area contributed by atoms with Crippen LogP contribution in [0.15, 0.2) is 23.0 Å². The molecule has 0 heterocycles. The monoisotopic (exact) mass is 327 g/mol. The Kier molecular flexibility index (Phi) is 7.53. The van der Waals surface area contributed by atoms with Gasteiger partial charge in [-0.3, -0.25) is 0 Å². The number of hydrogen-bond acceptors (Lipinski definition) is 6. The first-order chi connectivity index (χ1) is 10.4. The molecule has 0 unspecified atom stereocenters. The minimum Gasteiger partial charge on any atom is -0.496 e. The molecule has 7 heteroatoms. The first-order valence-corrected chi connectivity index (χ1v) is 7.94. The van der Waals surface area contributed by atoms with Gasteiger partial charge < -0.3 is 15.5 Å². The van der Waals surface area contributed by atoms with Crippen LogP contribution >= 0.6 is 12.0 Å². The molecule has 1 rings (SSSR count). The normalized spacial score (nSPS) is 11.5. The minimum atomic E-state index is 0.601. The maximum Gasteiger partial charge on any atom is 0.239 e. The number of nitrogens with one attached hydrogen (secondary N) is 1. The van der Waals surface area contributed by atoms with Gasteiger partial charge >= 0.3 is 0 Å². The van der Waals surface area contributed by atoms with E-state index >= 15 is 0 Å². The summed E-state index contributed by atoms with van der Waals surface area (Å²) in [6.45, 7) is 8.96. The number of methoxy groups -OCH3 is 1. The molecule has 0 aliphatic rings. The lowest BCUT2D eigenvalue weighted by Crippen LogP contribution is -2.54. The highest BCUT2D eigenvalue weighted by atomic mass is 32.2. The number of quaternary nitrogens is 1. The van der Waals surface area contributed by atoms with Crippen LogP contribution in [-0.4, -0.2) is 18.7 Å². The van der Waals surface area contributed by atoms with Crippen molar-refractivity contribution in [2.75, 3.05) is 13.7 Å². The summed E-state index contributed by atoms with van der Waals surface area (Å²) >= 11 is 1.27. The summed E-state index contributed by atoms with van der Waals surface area (Å²) in [5.41, 5.74) is 9.99. The second kappa shape index (κ2) is 8.89. The molecule has 1 aromatic rings. The Morgan fingerprint density at radius 2 is 2.09 bits per heavy atom. The minimum absolute atomic E-state index is 0.601. The number of nitrogens with two attached hydrogens (primary N) is 1. The van der Waals surface area contributed by atoms with Crippen LogP contribution in [0.1, 0.15) is 30.0 Å². The summed E-state index contributed by atoms with van der Waals surface area (Å²) in [6.07, 6.45) is 2.68. The zero-order valence-corrected chi connectivity index (χ0v) is 14.8. The largest absolute Gasteiger partial charge is 0.496 e. The fraction of sp³-hybridized carbons (Fsp3) is 0.467. The maximum atomic E-state index is 5.77. The number of hydrazine groups is 1. The Bertz CT molecular complexity index is 535. The Labute approximate surface area is 136 Å². The molecule has 124 valence electrons. The molecule has 1 aromatic carbocycles. The van der Waals surface area contributed by atoms with Gasteiger partial charge in [0.15, 0.2) is 0 Å². The van der Waals surface area contributed by atoms with Crippen molar-refractivity contribution >= 4 is 12.0 Å². The number of benzene rings is 1. The van der Waals surface area contributed by atoms with E-state index in [0.717, 1.165) is 40.3 Å². The standard InChI is InChI=1S/C15H26N4O2S/c1-6-7-19(17)9-14(16)18-21-22-15-10(2)8-13(20-5)11(3)12(15)4/h8-9,18H,6-7,16-17H2,1-5H3/p+1/b14-9+. The molecule has 0 aliphatic heterocycles. The average Bonchev–Trinajstić information content (AvgIpc) is 2.46. The predicted molar refractivity (Wildman–Crippen MR) is 89.4 cm³/mol. The molecule has 0 spiro atoms. The lowest BCUT2D eigenvalue weighted by atomic mass is 10.1. The van der Waals surface area contributed by atoms with E-state index in [0.29, 0.717) is 5.82 Å². The van der Waals surface area contributed by atoms with Crippen molar-refractivity contribution < 1.29 is 14.8 Å². The first kappa shape index (κ1) is 18.6. The quantitative estimate of drug-likeness (QED) is 0.383. The lowest BCUT2D eigenvalue weighted by Gasteiger charge is -2.15. The summed E-state index contributed by atoms with van der Waals surface area (Å²) < 4.78 is 10.8. The third-order valence-corrected chi connectivity index (χ3v) is 4.26. The van der Waals surface area contributed by atoms with Crippen molar-refractivity contribution in [1.29, 1.82) is 0 Å². The van der Waals surface area contributed by atoms with Gasteiger partial charge in [0, 0.05) is 11.4 Å². The second-order valence-corrected chi connectivity index (χ2v) is 5.88. The van der Waals surface area contributed by atoms with Crippen LogP contribution in [0.4, 0.5) is 0 Å². The van der Waals surface area contributed by atoms with Gasteiger partial charge in [-0.2, -0.15) is 4.28 Å². The van der Waals surface area contributed by atoms with E-state index in [1.165, 1.54) is 12.0 Å². The van der Waals surface area contributed by atoms with E-state index in [1.54, 1.807) is 18.3 Å². The summed E-state index contributed by atoms with van der Waals surface area (Å²) in [7, 11) is 1.68. The number of ether oxygens (including phenoxy) is 1. The molecule has 6 N–H and O–H groups in total. The topological polar surface area (TPSA) is 87.4 Å². The fourth-order valence-electron chi connectivity index (χ4n) is 2.03.